The molecule has 11 heteroatoms. The summed E-state index contributed by atoms with van der Waals surface area (Å²) < 4.78 is 4.75. The summed E-state index contributed by atoms with van der Waals surface area (Å²) in [5.41, 5.74) is 5.44. The van der Waals surface area contributed by atoms with E-state index in [2.05, 4.69) is 92.9 Å². The van der Waals surface area contributed by atoms with Crippen LogP contribution in [0.2, 0.25) is 0 Å². The normalized spacial score (nSPS) is 16.1. The van der Waals surface area contributed by atoms with Gasteiger partial charge in [-0.15, -0.1) is 0 Å². The van der Waals surface area contributed by atoms with Gasteiger partial charge < -0.3 is 30.2 Å². The van der Waals surface area contributed by atoms with E-state index in [1.165, 1.54) is 7.11 Å². The Balaban J connectivity index is 1.26. The average molecular weight is 668 g/mol. The van der Waals surface area contributed by atoms with E-state index in [-0.39, 0.29) is 35.7 Å². The molecule has 1 fully saturated rings. The molecule has 11 nitrogen and oxygen atoms in total. The maximum Gasteiger partial charge on any atom is 0.407 e. The van der Waals surface area contributed by atoms with E-state index < -0.39 is 17.6 Å². The molecule has 1 saturated heterocycles. The molecule has 4 aromatic rings. The first-order valence-corrected chi connectivity index (χ1v) is 17.0. The molecule has 0 radical (unpaired) electrons. The summed E-state index contributed by atoms with van der Waals surface area (Å²) >= 11 is 0. The number of hydrogen-bond donors (Lipinski definition) is 4. The molecule has 0 saturated carbocycles. The molecule has 5 rings (SSSR count). The highest BCUT2D eigenvalue weighted by Crippen LogP contribution is 2.33. The van der Waals surface area contributed by atoms with Gasteiger partial charge in [-0.25, -0.2) is 14.8 Å². The Morgan fingerprint density at radius 2 is 1.37 bits per heavy atom. The largest absolute Gasteiger partial charge is 0.453 e. The molecule has 1 aliphatic heterocycles. The second-order valence-electron chi connectivity index (χ2n) is 14.5. The SMILES string of the molecule is COC(=O)NC(C(=O)N1CCCC1c1ncc(-c2ccc(-c3ccc(-c4cnc(C(NC(=O)C(C)(C)C)C(C)C)[nH]4)cc3)cc2)[nH]1)C(C)C. The first-order valence-electron chi connectivity index (χ1n) is 17.0. The van der Waals surface area contributed by atoms with E-state index in [0.29, 0.717) is 6.54 Å². The summed E-state index contributed by atoms with van der Waals surface area (Å²) in [4.78, 5) is 56.0. The fourth-order valence-electron chi connectivity index (χ4n) is 6.08. The van der Waals surface area contributed by atoms with Crippen molar-refractivity contribution in [2.45, 2.75) is 79.4 Å². The van der Waals surface area contributed by atoms with Gasteiger partial charge in [-0.05, 0) is 46.9 Å². The third-order valence-corrected chi connectivity index (χ3v) is 9.09. The number of likely N-dealkylation sites (tertiary alicyclic amines) is 1. The number of carbonyl (C=O) groups excluding carboxylic acids is 3. The molecule has 4 N–H and O–H groups in total. The van der Waals surface area contributed by atoms with E-state index in [9.17, 15) is 14.4 Å². The lowest BCUT2D eigenvalue weighted by Gasteiger charge is -2.30. The van der Waals surface area contributed by atoms with E-state index >= 15 is 0 Å². The standard InChI is InChI=1S/C38H49N7O4/c1-22(2)31(43-36(47)38(5,6)7)34-40-21-29(42-34)27-17-13-25(14-18-27)24-11-15-26(16-12-24)28-20-39-33(41-28)30-10-9-19-45(30)35(46)32(23(3)4)44-37(48)49-8/h11-18,20-23,30-32H,9-10,19H2,1-8H3,(H,39,41)(H,40,42)(H,43,47)(H,44,48). The van der Waals surface area contributed by atoms with Gasteiger partial charge in [0.15, 0.2) is 0 Å². The van der Waals surface area contributed by atoms with Crippen molar-refractivity contribution in [3.8, 4) is 33.6 Å². The number of H-pyrrole nitrogens is 2. The number of nitrogens with one attached hydrogen (secondary N) is 4. The van der Waals surface area contributed by atoms with Crippen molar-refractivity contribution in [2.75, 3.05) is 13.7 Å². The van der Waals surface area contributed by atoms with Gasteiger partial charge in [0, 0.05) is 12.0 Å². The molecule has 260 valence electrons. The summed E-state index contributed by atoms with van der Waals surface area (Å²) in [6, 6.07) is 15.5. The number of carbonyl (C=O) groups is 3. The second-order valence-corrected chi connectivity index (χ2v) is 14.5. The molecule has 3 unspecified atom stereocenters. The number of imidazole rings is 2. The summed E-state index contributed by atoms with van der Waals surface area (Å²) in [6.45, 7) is 14.3. The molecule has 2 aromatic heterocycles. The zero-order valence-electron chi connectivity index (χ0n) is 29.8. The van der Waals surface area contributed by atoms with Crippen LogP contribution in [0.1, 0.15) is 85.0 Å². The van der Waals surface area contributed by atoms with Crippen LogP contribution >= 0.6 is 0 Å². The van der Waals surface area contributed by atoms with E-state index in [0.717, 1.165) is 58.1 Å². The quantitative estimate of drug-likeness (QED) is 0.143. The number of aromatic nitrogens is 4. The highest BCUT2D eigenvalue weighted by molar-refractivity contribution is 5.86. The first kappa shape index (κ1) is 35.4. The Bertz CT molecular complexity index is 1750. The molecular weight excluding hydrogens is 618 g/mol. The number of benzene rings is 2. The minimum Gasteiger partial charge on any atom is -0.453 e. The van der Waals surface area contributed by atoms with E-state index in [1.807, 2.05) is 51.9 Å². The van der Waals surface area contributed by atoms with Crippen LogP contribution in [0.4, 0.5) is 4.79 Å². The molecule has 0 spiro atoms. The van der Waals surface area contributed by atoms with Gasteiger partial charge in [0.1, 0.15) is 17.7 Å². The third-order valence-electron chi connectivity index (χ3n) is 9.09. The summed E-state index contributed by atoms with van der Waals surface area (Å²) in [7, 11) is 1.29. The molecular formula is C38H49N7O4. The molecule has 1 aliphatic rings. The van der Waals surface area contributed by atoms with Crippen molar-refractivity contribution in [3.63, 3.8) is 0 Å². The number of nitrogens with zero attached hydrogens (tertiary/aromatic N) is 3. The number of hydrogen-bond acceptors (Lipinski definition) is 6. The minimum atomic E-state index is -0.675. The summed E-state index contributed by atoms with van der Waals surface area (Å²) in [5.74, 6) is 1.42. The number of rotatable bonds is 10. The van der Waals surface area contributed by atoms with Gasteiger partial charge in [0.05, 0.1) is 43.0 Å². The maximum atomic E-state index is 13.5. The van der Waals surface area contributed by atoms with Crippen LogP contribution in [0.25, 0.3) is 33.6 Å². The van der Waals surface area contributed by atoms with Crippen LogP contribution in [0.5, 0.6) is 0 Å². The van der Waals surface area contributed by atoms with Crippen molar-refractivity contribution in [2.24, 2.45) is 17.3 Å². The number of ether oxygens (including phenoxy) is 1. The predicted molar refractivity (Wildman–Crippen MR) is 190 cm³/mol. The average Bonchev–Trinajstić information content (AvgIpc) is 3.86. The zero-order chi connectivity index (χ0) is 35.5. The number of aromatic amines is 2. The van der Waals surface area contributed by atoms with Crippen molar-refractivity contribution in [3.05, 3.63) is 72.6 Å². The smallest absolute Gasteiger partial charge is 0.407 e. The fourth-order valence-corrected chi connectivity index (χ4v) is 6.08. The van der Waals surface area contributed by atoms with Crippen molar-refractivity contribution < 1.29 is 19.1 Å². The Hall–Kier alpha value is -4.93. The first-order chi connectivity index (χ1) is 23.3. The zero-order valence-corrected chi connectivity index (χ0v) is 29.8. The molecule has 3 amide bonds. The van der Waals surface area contributed by atoms with Crippen molar-refractivity contribution >= 4 is 17.9 Å². The van der Waals surface area contributed by atoms with Crippen LogP contribution in [0, 0.1) is 17.3 Å². The van der Waals surface area contributed by atoms with Crippen molar-refractivity contribution in [1.29, 1.82) is 0 Å². The number of methoxy groups -OCH3 is 1. The topological polar surface area (TPSA) is 145 Å². The Morgan fingerprint density at radius 1 is 0.816 bits per heavy atom. The van der Waals surface area contributed by atoms with Crippen LogP contribution < -0.4 is 10.6 Å². The van der Waals surface area contributed by atoms with Gasteiger partial charge in [-0.3, -0.25) is 9.59 Å². The third kappa shape index (κ3) is 8.04. The molecule has 0 aliphatic carbocycles. The second kappa shape index (κ2) is 14.7. The predicted octanol–water partition coefficient (Wildman–Crippen LogP) is 7.04. The number of amides is 3. The Kier molecular flexibility index (Phi) is 10.6. The van der Waals surface area contributed by atoms with Crippen LogP contribution in [-0.4, -0.2) is 62.4 Å². The lowest BCUT2D eigenvalue weighted by atomic mass is 9.94. The van der Waals surface area contributed by atoms with Gasteiger partial charge in [-0.2, -0.15) is 0 Å². The maximum absolute atomic E-state index is 13.5. The van der Waals surface area contributed by atoms with Crippen molar-refractivity contribution in [1.82, 2.24) is 35.5 Å². The molecule has 2 aromatic carbocycles. The van der Waals surface area contributed by atoms with Gasteiger partial charge >= 0.3 is 6.09 Å². The van der Waals surface area contributed by atoms with Gasteiger partial charge in [0.25, 0.3) is 0 Å². The Labute approximate surface area is 288 Å². The minimum absolute atomic E-state index is 0.00827. The Morgan fingerprint density at radius 3 is 1.90 bits per heavy atom. The fraction of sp³-hybridized carbons (Fsp3) is 0.447. The molecule has 49 heavy (non-hydrogen) atoms. The number of alkyl carbamates (subject to hydrolysis) is 1. The van der Waals surface area contributed by atoms with E-state index in [4.69, 9.17) is 4.74 Å². The van der Waals surface area contributed by atoms with Crippen LogP contribution in [-0.2, 0) is 14.3 Å². The van der Waals surface area contributed by atoms with Crippen LogP contribution in [0.15, 0.2) is 60.9 Å². The molecule has 3 atom stereocenters. The van der Waals surface area contributed by atoms with Gasteiger partial charge in [0.2, 0.25) is 11.8 Å². The molecule has 3 heterocycles. The lowest BCUT2D eigenvalue weighted by molar-refractivity contribution is -0.135. The van der Waals surface area contributed by atoms with E-state index in [1.54, 1.807) is 0 Å². The highest BCUT2D eigenvalue weighted by Gasteiger charge is 2.37. The monoisotopic (exact) mass is 667 g/mol. The summed E-state index contributed by atoms with van der Waals surface area (Å²) in [6.07, 6.45) is 4.66. The highest BCUT2D eigenvalue weighted by atomic mass is 16.5. The van der Waals surface area contributed by atoms with Gasteiger partial charge in [-0.1, -0.05) is 97.0 Å². The van der Waals surface area contributed by atoms with Crippen LogP contribution in [0.3, 0.4) is 0 Å². The summed E-state index contributed by atoms with van der Waals surface area (Å²) in [5, 5.41) is 5.84. The molecule has 0 bridgehead atoms. The lowest BCUT2D eigenvalue weighted by Crippen LogP contribution is -2.51.